The summed E-state index contributed by atoms with van der Waals surface area (Å²) in [5, 5.41) is 5.48. The topological polar surface area (TPSA) is 6.48 Å². The van der Waals surface area contributed by atoms with Crippen LogP contribution in [0, 0.1) is 27.7 Å². The molecule has 0 saturated heterocycles. The molecule has 0 radical (unpaired) electrons. The van der Waals surface area contributed by atoms with Crippen molar-refractivity contribution in [2.24, 2.45) is 0 Å². The van der Waals surface area contributed by atoms with E-state index >= 15 is 0 Å². The molecule has 8 aromatic rings. The van der Waals surface area contributed by atoms with Crippen molar-refractivity contribution in [1.82, 2.24) is 0 Å². The molecule has 0 saturated carbocycles. The smallest absolute Gasteiger partial charge is 0.0467 e. The highest BCUT2D eigenvalue weighted by Gasteiger charge is 2.42. The number of aryl methyl sites for hydroxylation is 4. The van der Waals surface area contributed by atoms with Gasteiger partial charge in [0.2, 0.25) is 0 Å². The van der Waals surface area contributed by atoms with Gasteiger partial charge in [-0.05, 0) is 196 Å². The van der Waals surface area contributed by atoms with Crippen LogP contribution in [-0.4, -0.2) is 0 Å². The lowest BCUT2D eigenvalue weighted by Crippen LogP contribution is -2.19. The molecule has 0 unspecified atom stereocenters. The van der Waals surface area contributed by atoms with Crippen molar-refractivity contribution < 1.29 is 0 Å². The van der Waals surface area contributed by atoms with Gasteiger partial charge in [0.25, 0.3) is 0 Å². The standard InChI is InChI=1S/C61H56N2/c1-11-22-42(23-12-2)62(43-24-16-13-17-25-43)46-34-38(3)54-50-32-30-48-49-31-33-51-55-39(4)35-47(63(44-26-18-14-19-27-44)45-28-20-15-21-29-45)37-53(55)61(9,10)59(51)57(49)41(6)40(5)56(48)58(50)60(7,8)52(54)36-46/h11-37H,1H2,2-10H3/b23-12-,42-22+. The number of nitrogens with zero attached hydrogens (tertiary/aromatic N) is 2. The van der Waals surface area contributed by atoms with Gasteiger partial charge in [-0.1, -0.05) is 125 Å². The molecule has 0 atom stereocenters. The van der Waals surface area contributed by atoms with Gasteiger partial charge in [-0.2, -0.15) is 0 Å². The molecule has 0 heterocycles. The second kappa shape index (κ2) is 14.9. The summed E-state index contributed by atoms with van der Waals surface area (Å²) in [4.78, 5) is 4.76. The fourth-order valence-corrected chi connectivity index (χ4v) is 11.4. The van der Waals surface area contributed by atoms with Crippen molar-refractivity contribution in [2.75, 3.05) is 9.80 Å². The van der Waals surface area contributed by atoms with E-state index in [0.29, 0.717) is 0 Å². The molecular formula is C61H56N2. The number of benzene rings is 8. The third kappa shape index (κ3) is 5.99. The van der Waals surface area contributed by atoms with Crippen molar-refractivity contribution in [3.05, 3.63) is 221 Å². The van der Waals surface area contributed by atoms with Crippen LogP contribution >= 0.6 is 0 Å². The Morgan fingerprint density at radius 1 is 0.508 bits per heavy atom. The van der Waals surface area contributed by atoms with Gasteiger partial charge < -0.3 is 9.80 Å². The number of rotatable bonds is 8. The van der Waals surface area contributed by atoms with Crippen molar-refractivity contribution in [2.45, 2.75) is 73.1 Å². The van der Waals surface area contributed by atoms with E-state index < -0.39 is 0 Å². The van der Waals surface area contributed by atoms with Crippen LogP contribution in [0.2, 0.25) is 0 Å². The van der Waals surface area contributed by atoms with Gasteiger partial charge >= 0.3 is 0 Å². The molecule has 0 bridgehead atoms. The summed E-state index contributed by atoms with van der Waals surface area (Å²) >= 11 is 0. The summed E-state index contributed by atoms with van der Waals surface area (Å²) in [6.07, 6.45) is 8.25. The second-order valence-corrected chi connectivity index (χ2v) is 18.7. The van der Waals surface area contributed by atoms with Crippen LogP contribution in [0.25, 0.3) is 43.8 Å². The predicted molar refractivity (Wildman–Crippen MR) is 272 cm³/mol. The van der Waals surface area contributed by atoms with Crippen LogP contribution in [0.4, 0.5) is 28.4 Å². The number of para-hydroxylation sites is 3. The second-order valence-electron chi connectivity index (χ2n) is 18.7. The van der Waals surface area contributed by atoms with Crippen molar-refractivity contribution in [3.63, 3.8) is 0 Å². The Labute approximate surface area is 374 Å². The molecule has 0 amide bonds. The number of fused-ring (bicyclic) bond motifs is 11. The minimum Gasteiger partial charge on any atom is -0.310 e. The molecule has 2 aliphatic carbocycles. The van der Waals surface area contributed by atoms with Crippen molar-refractivity contribution in [1.29, 1.82) is 0 Å². The Morgan fingerprint density at radius 2 is 0.937 bits per heavy atom. The van der Waals surface area contributed by atoms with Gasteiger partial charge in [0.15, 0.2) is 0 Å². The van der Waals surface area contributed by atoms with E-state index in [4.69, 9.17) is 0 Å². The Balaban J connectivity index is 1.15. The van der Waals surface area contributed by atoms with E-state index in [9.17, 15) is 0 Å². The minimum atomic E-state index is -0.246. The number of hydrogen-bond acceptors (Lipinski definition) is 2. The maximum absolute atomic E-state index is 4.08. The highest BCUT2D eigenvalue weighted by atomic mass is 15.1. The van der Waals surface area contributed by atoms with E-state index in [1.165, 1.54) is 94.0 Å². The summed E-state index contributed by atoms with van der Waals surface area (Å²) < 4.78 is 0. The van der Waals surface area contributed by atoms with E-state index in [1.807, 2.05) is 6.08 Å². The van der Waals surface area contributed by atoms with Gasteiger partial charge in [0, 0.05) is 45.0 Å². The fourth-order valence-electron chi connectivity index (χ4n) is 11.4. The fraction of sp³-hybridized carbons (Fsp3) is 0.180. The first kappa shape index (κ1) is 40.2. The normalized spacial score (nSPS) is 14.5. The number of hydrogen-bond donors (Lipinski definition) is 0. The molecule has 2 heteroatoms. The lowest BCUT2D eigenvalue weighted by atomic mass is 9.75. The molecule has 0 N–H and O–H groups in total. The van der Waals surface area contributed by atoms with Gasteiger partial charge in [-0.15, -0.1) is 0 Å². The molecule has 310 valence electrons. The predicted octanol–water partition coefficient (Wildman–Crippen LogP) is 17.1. The Bertz CT molecular complexity index is 3180. The summed E-state index contributed by atoms with van der Waals surface area (Å²) in [7, 11) is 0. The molecule has 0 aromatic heterocycles. The summed E-state index contributed by atoms with van der Waals surface area (Å²) in [5.74, 6) is 0. The van der Waals surface area contributed by atoms with Crippen LogP contribution in [-0.2, 0) is 10.8 Å². The van der Waals surface area contributed by atoms with Crippen LogP contribution in [0.15, 0.2) is 176 Å². The molecule has 8 aromatic carbocycles. The van der Waals surface area contributed by atoms with Crippen LogP contribution < -0.4 is 9.80 Å². The highest BCUT2D eigenvalue weighted by Crippen LogP contribution is 2.59. The highest BCUT2D eigenvalue weighted by molar-refractivity contribution is 6.17. The first-order chi connectivity index (χ1) is 30.4. The average molecular weight is 817 g/mol. The maximum atomic E-state index is 4.08. The molecular weight excluding hydrogens is 761 g/mol. The monoisotopic (exact) mass is 816 g/mol. The Morgan fingerprint density at radius 3 is 1.38 bits per heavy atom. The van der Waals surface area contributed by atoms with Crippen LogP contribution in [0.5, 0.6) is 0 Å². The lowest BCUT2D eigenvalue weighted by Gasteiger charge is -2.30. The average Bonchev–Trinajstić information content (AvgIpc) is 3.66. The Hall–Kier alpha value is -6.90. The molecule has 0 aliphatic heterocycles. The Kier molecular flexibility index (Phi) is 9.49. The van der Waals surface area contributed by atoms with Gasteiger partial charge in [0.1, 0.15) is 0 Å². The zero-order valence-corrected chi connectivity index (χ0v) is 38.2. The number of allylic oxidation sites excluding steroid dienone is 4. The number of anilines is 5. The first-order valence-corrected chi connectivity index (χ1v) is 22.4. The summed E-state index contributed by atoms with van der Waals surface area (Å²) in [6.45, 7) is 25.3. The van der Waals surface area contributed by atoms with Crippen LogP contribution in [0.1, 0.15) is 79.1 Å². The van der Waals surface area contributed by atoms with E-state index in [-0.39, 0.29) is 10.8 Å². The van der Waals surface area contributed by atoms with Gasteiger partial charge in [0.05, 0.1) is 0 Å². The van der Waals surface area contributed by atoms with E-state index in [1.54, 1.807) is 0 Å². The molecule has 2 nitrogen and oxygen atoms in total. The SMILES string of the molecule is C=C/C=C(\C=C/C)N(c1ccccc1)c1cc(C)c2c(c1)C(C)(C)c1c-2ccc2c1c(C)c(C)c1c3c(ccc12)-c1c(C)cc(N(c2ccccc2)c2ccccc2)cc1C3(C)C. The molecule has 63 heavy (non-hydrogen) atoms. The van der Waals surface area contributed by atoms with Gasteiger partial charge in [-0.3, -0.25) is 0 Å². The third-order valence-corrected chi connectivity index (χ3v) is 14.2. The summed E-state index contributed by atoms with van der Waals surface area (Å²) in [5.41, 5.74) is 22.8. The first-order valence-electron chi connectivity index (χ1n) is 22.4. The zero-order chi connectivity index (χ0) is 43.9. The maximum Gasteiger partial charge on any atom is 0.0467 e. The molecule has 0 spiro atoms. The quantitative estimate of drug-likeness (QED) is 0.111. The van der Waals surface area contributed by atoms with Crippen LogP contribution in [0.3, 0.4) is 0 Å². The van der Waals surface area contributed by atoms with Gasteiger partial charge in [-0.25, -0.2) is 0 Å². The molecule has 0 fully saturated rings. The van der Waals surface area contributed by atoms with E-state index in [2.05, 4.69) is 236 Å². The lowest BCUT2D eigenvalue weighted by molar-refractivity contribution is 0.664. The van der Waals surface area contributed by atoms with Crippen molar-refractivity contribution in [3.8, 4) is 22.3 Å². The molecule has 2 aliphatic rings. The third-order valence-electron chi connectivity index (χ3n) is 14.2. The van der Waals surface area contributed by atoms with E-state index in [0.717, 1.165) is 28.4 Å². The van der Waals surface area contributed by atoms with Crippen molar-refractivity contribution >= 4 is 50.0 Å². The largest absolute Gasteiger partial charge is 0.310 e. The molecule has 10 rings (SSSR count). The summed E-state index contributed by atoms with van der Waals surface area (Å²) in [6, 6.07) is 51.6. The zero-order valence-electron chi connectivity index (χ0n) is 38.2. The minimum absolute atomic E-state index is 0.231.